The topological polar surface area (TPSA) is 86.0 Å². The zero-order valence-electron chi connectivity index (χ0n) is 16.7. The first-order valence-electron chi connectivity index (χ1n) is 9.56. The maximum atomic E-state index is 12.6. The van der Waals surface area contributed by atoms with Gasteiger partial charge in [0.05, 0.1) is 31.4 Å². The molecule has 2 atom stereocenters. The second kappa shape index (κ2) is 8.02. The maximum absolute atomic E-state index is 12.6. The van der Waals surface area contributed by atoms with Gasteiger partial charge in [-0.15, -0.1) is 0 Å². The summed E-state index contributed by atoms with van der Waals surface area (Å²) in [6.45, 7) is 0.586. The van der Waals surface area contributed by atoms with E-state index in [9.17, 15) is 14.4 Å². The minimum absolute atomic E-state index is 0.136. The molecule has 2 heterocycles. The van der Waals surface area contributed by atoms with E-state index in [2.05, 4.69) is 0 Å². The van der Waals surface area contributed by atoms with Crippen LogP contribution in [0.15, 0.2) is 63.8 Å². The van der Waals surface area contributed by atoms with E-state index >= 15 is 0 Å². The summed E-state index contributed by atoms with van der Waals surface area (Å²) >= 11 is 0. The molecule has 1 aliphatic rings. The van der Waals surface area contributed by atoms with Crippen LogP contribution in [0, 0.1) is 11.8 Å². The number of benzene rings is 2. The second-order valence-electron chi connectivity index (χ2n) is 7.15. The summed E-state index contributed by atoms with van der Waals surface area (Å²) in [6, 6.07) is 16.0. The van der Waals surface area contributed by atoms with Crippen molar-refractivity contribution in [2.45, 2.75) is 0 Å². The first kappa shape index (κ1) is 19.7. The smallest absolute Gasteiger partial charge is 0.311 e. The number of rotatable bonds is 4. The zero-order valence-corrected chi connectivity index (χ0v) is 16.7. The molecule has 0 bridgehead atoms. The van der Waals surface area contributed by atoms with Gasteiger partial charge in [-0.3, -0.25) is 14.4 Å². The lowest BCUT2D eigenvalue weighted by Gasteiger charge is -2.21. The van der Waals surface area contributed by atoms with Crippen molar-refractivity contribution in [2.24, 2.45) is 11.8 Å². The molecule has 0 aliphatic carbocycles. The summed E-state index contributed by atoms with van der Waals surface area (Å²) in [5, 5.41) is 0.511. The third kappa shape index (κ3) is 3.43. The fourth-order valence-corrected chi connectivity index (χ4v) is 3.98. The van der Waals surface area contributed by atoms with Crippen molar-refractivity contribution in [3.63, 3.8) is 0 Å². The molecule has 0 unspecified atom stereocenters. The summed E-state index contributed by atoms with van der Waals surface area (Å²) in [5.41, 5.74) is 1.82. The van der Waals surface area contributed by atoms with Crippen LogP contribution in [-0.4, -0.2) is 39.2 Å². The van der Waals surface area contributed by atoms with E-state index in [1.807, 2.05) is 35.2 Å². The van der Waals surface area contributed by atoms with Gasteiger partial charge in [-0.05, 0) is 24.3 Å². The van der Waals surface area contributed by atoms with Gasteiger partial charge >= 0.3 is 11.9 Å². The Labute approximate surface area is 172 Å². The normalized spacial score (nSPS) is 18.4. The third-order valence-corrected chi connectivity index (χ3v) is 5.47. The molecule has 30 heavy (non-hydrogen) atoms. The molecule has 1 saturated heterocycles. The van der Waals surface area contributed by atoms with E-state index in [1.165, 1.54) is 20.3 Å². The summed E-state index contributed by atoms with van der Waals surface area (Å²) < 4.78 is 15.8. The van der Waals surface area contributed by atoms with E-state index in [-0.39, 0.29) is 5.43 Å². The highest BCUT2D eigenvalue weighted by Crippen LogP contribution is 2.36. The molecule has 1 aromatic heterocycles. The number of hydrogen-bond donors (Lipinski definition) is 0. The lowest BCUT2D eigenvalue weighted by Crippen LogP contribution is -2.30. The highest BCUT2D eigenvalue weighted by molar-refractivity contribution is 5.86. The number of fused-ring (bicyclic) bond motifs is 1. The number of para-hydroxylation sites is 2. The number of hydrogen-bond acceptors (Lipinski definition) is 7. The quantitative estimate of drug-likeness (QED) is 0.615. The molecule has 0 N–H and O–H groups in total. The van der Waals surface area contributed by atoms with Crippen LogP contribution in [0.1, 0.15) is 0 Å². The molecular weight excluding hydrogens is 386 g/mol. The lowest BCUT2D eigenvalue weighted by atomic mass is 9.96. The number of esters is 2. The van der Waals surface area contributed by atoms with Gasteiger partial charge in [0.15, 0.2) is 5.43 Å². The zero-order chi connectivity index (χ0) is 21.3. The molecule has 154 valence electrons. The van der Waals surface area contributed by atoms with E-state index in [4.69, 9.17) is 13.9 Å². The summed E-state index contributed by atoms with van der Waals surface area (Å²) in [6.07, 6.45) is 0. The molecule has 1 aliphatic heterocycles. The van der Waals surface area contributed by atoms with Crippen molar-refractivity contribution < 1.29 is 23.5 Å². The molecule has 1 fully saturated rings. The number of carbonyl (C=O) groups is 2. The van der Waals surface area contributed by atoms with Crippen molar-refractivity contribution >= 4 is 28.6 Å². The van der Waals surface area contributed by atoms with Crippen LogP contribution >= 0.6 is 0 Å². The van der Waals surface area contributed by atoms with Crippen LogP contribution in [0.5, 0.6) is 0 Å². The summed E-state index contributed by atoms with van der Waals surface area (Å²) in [7, 11) is 2.61. The predicted molar refractivity (Wildman–Crippen MR) is 111 cm³/mol. The van der Waals surface area contributed by atoms with Gasteiger partial charge in [0.25, 0.3) is 0 Å². The largest absolute Gasteiger partial charge is 0.469 e. The number of anilines is 1. The molecule has 2 aromatic carbocycles. The van der Waals surface area contributed by atoms with Crippen LogP contribution in [0.2, 0.25) is 0 Å². The fraction of sp³-hybridized carbons (Fsp3) is 0.261. The number of methoxy groups -OCH3 is 2. The molecule has 3 aromatic rings. The van der Waals surface area contributed by atoms with Gasteiger partial charge in [-0.25, -0.2) is 0 Å². The van der Waals surface area contributed by atoms with Gasteiger partial charge in [0, 0.05) is 30.4 Å². The minimum atomic E-state index is -0.640. The average Bonchev–Trinajstić information content (AvgIpc) is 3.23. The van der Waals surface area contributed by atoms with Crippen molar-refractivity contribution in [3.05, 3.63) is 64.8 Å². The Balaban J connectivity index is 1.77. The Hall–Kier alpha value is -3.61. The molecule has 0 saturated carbocycles. The molecule has 7 nitrogen and oxygen atoms in total. The monoisotopic (exact) mass is 407 g/mol. The Morgan fingerprint density at radius 1 is 0.933 bits per heavy atom. The lowest BCUT2D eigenvalue weighted by molar-refractivity contribution is -0.155. The minimum Gasteiger partial charge on any atom is -0.469 e. The number of ether oxygens (including phenoxy) is 2. The SMILES string of the molecule is COC(=O)[C@H]1CN(c2ccccc2-c2cc(=O)c3ccccc3o2)C[C@H]1C(=O)OC. The van der Waals surface area contributed by atoms with E-state index in [0.29, 0.717) is 35.4 Å². The molecule has 0 spiro atoms. The Bertz CT molecular complexity index is 1140. The first-order valence-corrected chi connectivity index (χ1v) is 9.56. The van der Waals surface area contributed by atoms with Gasteiger partial charge in [0.2, 0.25) is 0 Å². The Kier molecular flexibility index (Phi) is 5.27. The average molecular weight is 407 g/mol. The van der Waals surface area contributed by atoms with Crippen molar-refractivity contribution in [2.75, 3.05) is 32.2 Å². The molecule has 4 rings (SSSR count). The summed E-state index contributed by atoms with van der Waals surface area (Å²) in [4.78, 5) is 39.0. The van der Waals surface area contributed by atoms with Crippen molar-refractivity contribution in [1.29, 1.82) is 0 Å². The van der Waals surface area contributed by atoms with Gasteiger partial charge in [-0.2, -0.15) is 0 Å². The Morgan fingerprint density at radius 3 is 2.20 bits per heavy atom. The molecule has 0 radical (unpaired) electrons. The van der Waals surface area contributed by atoms with Crippen LogP contribution in [0.25, 0.3) is 22.3 Å². The first-order chi connectivity index (χ1) is 14.5. The van der Waals surface area contributed by atoms with E-state index in [0.717, 1.165) is 5.69 Å². The van der Waals surface area contributed by atoms with Crippen molar-refractivity contribution in [3.8, 4) is 11.3 Å². The van der Waals surface area contributed by atoms with Gasteiger partial charge in [0.1, 0.15) is 11.3 Å². The maximum Gasteiger partial charge on any atom is 0.311 e. The van der Waals surface area contributed by atoms with E-state index in [1.54, 1.807) is 18.2 Å². The Morgan fingerprint density at radius 2 is 1.53 bits per heavy atom. The standard InChI is InChI=1S/C23H21NO6/c1-28-22(26)16-12-24(13-17(16)23(27)29-2)18-9-5-3-7-14(18)21-11-19(25)15-8-4-6-10-20(15)30-21/h3-11,16-17H,12-13H2,1-2H3/t16-,17+. The number of carbonyl (C=O) groups excluding carboxylic acids is 2. The van der Waals surface area contributed by atoms with E-state index < -0.39 is 23.8 Å². The van der Waals surface area contributed by atoms with Crippen LogP contribution in [-0.2, 0) is 19.1 Å². The van der Waals surface area contributed by atoms with Crippen LogP contribution in [0.4, 0.5) is 5.69 Å². The van der Waals surface area contributed by atoms with Crippen LogP contribution < -0.4 is 10.3 Å². The third-order valence-electron chi connectivity index (χ3n) is 5.47. The van der Waals surface area contributed by atoms with Gasteiger partial charge < -0.3 is 18.8 Å². The molecule has 0 amide bonds. The van der Waals surface area contributed by atoms with Crippen molar-refractivity contribution in [1.82, 2.24) is 0 Å². The summed E-state index contributed by atoms with van der Waals surface area (Å²) in [5.74, 6) is -1.77. The number of nitrogens with zero attached hydrogens (tertiary/aromatic N) is 1. The highest BCUT2D eigenvalue weighted by Gasteiger charge is 2.44. The fourth-order valence-electron chi connectivity index (χ4n) is 3.98. The molecular formula is C23H21NO6. The molecule has 7 heteroatoms. The van der Waals surface area contributed by atoms with Crippen LogP contribution in [0.3, 0.4) is 0 Å². The van der Waals surface area contributed by atoms with Gasteiger partial charge in [-0.1, -0.05) is 24.3 Å². The predicted octanol–water partition coefficient (Wildman–Crippen LogP) is 2.86. The highest BCUT2D eigenvalue weighted by atomic mass is 16.5. The second-order valence-corrected chi connectivity index (χ2v) is 7.15.